The standard InChI is InChI=1S/C22H25N3O2/c1-15-5-4-6-16(2)25(15)22(26)18-13-17-11-12-24(21(17)23-14-18)19-7-9-20(27-3)10-8-19/h7-16H,4-6H2,1-3H3/t15-,16+. The fraction of sp³-hybridized carbons (Fsp3) is 0.364. The van der Waals surface area contributed by atoms with E-state index in [2.05, 4.69) is 18.8 Å². The van der Waals surface area contributed by atoms with Crippen molar-refractivity contribution in [2.45, 2.75) is 45.2 Å². The molecule has 1 fully saturated rings. The van der Waals surface area contributed by atoms with Crippen molar-refractivity contribution >= 4 is 16.9 Å². The minimum Gasteiger partial charge on any atom is -0.497 e. The number of hydrogen-bond acceptors (Lipinski definition) is 3. The highest BCUT2D eigenvalue weighted by molar-refractivity contribution is 5.97. The van der Waals surface area contributed by atoms with Gasteiger partial charge in [-0.15, -0.1) is 0 Å². The molecule has 5 heteroatoms. The highest BCUT2D eigenvalue weighted by atomic mass is 16.5. The number of aromatic nitrogens is 2. The lowest BCUT2D eigenvalue weighted by Gasteiger charge is -2.39. The number of nitrogens with zero attached hydrogens (tertiary/aromatic N) is 3. The molecule has 1 saturated heterocycles. The number of methoxy groups -OCH3 is 1. The van der Waals surface area contributed by atoms with Crippen LogP contribution in [-0.2, 0) is 0 Å². The van der Waals surface area contributed by atoms with Crippen molar-refractivity contribution in [2.24, 2.45) is 0 Å². The molecule has 2 atom stereocenters. The Morgan fingerprint density at radius 2 is 1.81 bits per heavy atom. The van der Waals surface area contributed by atoms with Crippen LogP contribution < -0.4 is 4.74 Å². The lowest BCUT2D eigenvalue weighted by molar-refractivity contribution is 0.0510. The summed E-state index contributed by atoms with van der Waals surface area (Å²) in [6.07, 6.45) is 7.02. The average molecular weight is 363 g/mol. The fourth-order valence-corrected chi connectivity index (χ4v) is 4.06. The molecule has 0 unspecified atom stereocenters. The largest absolute Gasteiger partial charge is 0.497 e. The minimum atomic E-state index is 0.0845. The van der Waals surface area contributed by atoms with E-state index in [9.17, 15) is 4.79 Å². The summed E-state index contributed by atoms with van der Waals surface area (Å²) < 4.78 is 7.25. The van der Waals surface area contributed by atoms with Gasteiger partial charge >= 0.3 is 0 Å². The topological polar surface area (TPSA) is 47.4 Å². The molecule has 1 aliphatic heterocycles. The maximum absolute atomic E-state index is 13.1. The molecule has 0 N–H and O–H groups in total. The van der Waals surface area contributed by atoms with Crippen molar-refractivity contribution in [3.63, 3.8) is 0 Å². The summed E-state index contributed by atoms with van der Waals surface area (Å²) in [6, 6.07) is 12.4. The van der Waals surface area contributed by atoms with Crippen LogP contribution in [-0.4, -0.2) is 39.6 Å². The molecule has 1 aliphatic rings. The van der Waals surface area contributed by atoms with Crippen molar-refractivity contribution in [3.8, 4) is 11.4 Å². The van der Waals surface area contributed by atoms with Crippen molar-refractivity contribution in [3.05, 3.63) is 54.4 Å². The van der Waals surface area contributed by atoms with Crippen molar-refractivity contribution in [1.82, 2.24) is 14.5 Å². The van der Waals surface area contributed by atoms with E-state index in [0.717, 1.165) is 35.3 Å². The van der Waals surface area contributed by atoms with E-state index in [1.54, 1.807) is 13.3 Å². The Hall–Kier alpha value is -2.82. The number of carbonyl (C=O) groups excluding carboxylic acids is 1. The predicted octanol–water partition coefficient (Wildman–Crippen LogP) is 4.44. The Morgan fingerprint density at radius 3 is 2.48 bits per heavy atom. The van der Waals surface area contributed by atoms with Gasteiger partial charge in [-0.25, -0.2) is 4.98 Å². The molecule has 2 aromatic heterocycles. The second-order valence-corrected chi connectivity index (χ2v) is 7.36. The van der Waals surface area contributed by atoms with Crippen LogP contribution in [0, 0.1) is 0 Å². The van der Waals surface area contributed by atoms with Crippen LogP contribution in [0.25, 0.3) is 16.7 Å². The highest BCUT2D eigenvalue weighted by Gasteiger charge is 2.29. The molecular weight excluding hydrogens is 338 g/mol. The Bertz CT molecular complexity index is 951. The van der Waals surface area contributed by atoms with E-state index in [0.29, 0.717) is 5.56 Å². The first-order valence-electron chi connectivity index (χ1n) is 9.52. The fourth-order valence-electron chi connectivity index (χ4n) is 4.06. The van der Waals surface area contributed by atoms with Gasteiger partial charge in [0.2, 0.25) is 0 Å². The third-order valence-corrected chi connectivity index (χ3v) is 5.55. The molecule has 0 saturated carbocycles. The summed E-state index contributed by atoms with van der Waals surface area (Å²) in [5.74, 6) is 0.905. The number of likely N-dealkylation sites (tertiary alicyclic amines) is 1. The molecule has 5 nitrogen and oxygen atoms in total. The van der Waals surface area contributed by atoms with Gasteiger partial charge in [0.15, 0.2) is 0 Å². The van der Waals surface area contributed by atoms with E-state index < -0.39 is 0 Å². The number of amides is 1. The number of piperidine rings is 1. The lowest BCUT2D eigenvalue weighted by Crippen LogP contribution is -2.47. The zero-order chi connectivity index (χ0) is 19.0. The number of benzene rings is 1. The summed E-state index contributed by atoms with van der Waals surface area (Å²) >= 11 is 0. The van der Waals surface area contributed by atoms with Crippen molar-refractivity contribution < 1.29 is 9.53 Å². The van der Waals surface area contributed by atoms with Gasteiger partial charge in [0.05, 0.1) is 12.7 Å². The summed E-state index contributed by atoms with van der Waals surface area (Å²) in [5, 5.41) is 0.967. The van der Waals surface area contributed by atoms with Gasteiger partial charge in [-0.3, -0.25) is 4.79 Å². The predicted molar refractivity (Wildman–Crippen MR) is 107 cm³/mol. The lowest BCUT2D eigenvalue weighted by atomic mass is 9.96. The molecule has 3 heterocycles. The highest BCUT2D eigenvalue weighted by Crippen LogP contribution is 2.26. The van der Waals surface area contributed by atoms with E-state index >= 15 is 0 Å². The van der Waals surface area contributed by atoms with Crippen molar-refractivity contribution in [2.75, 3.05) is 7.11 Å². The number of rotatable bonds is 3. The molecule has 27 heavy (non-hydrogen) atoms. The van der Waals surface area contributed by atoms with Gasteiger partial charge in [-0.1, -0.05) is 0 Å². The maximum Gasteiger partial charge on any atom is 0.255 e. The molecule has 140 valence electrons. The zero-order valence-electron chi connectivity index (χ0n) is 16.1. The number of fused-ring (bicyclic) bond motifs is 1. The smallest absolute Gasteiger partial charge is 0.255 e. The molecule has 1 amide bonds. The number of ether oxygens (including phenoxy) is 1. The Kier molecular flexibility index (Phi) is 4.60. The molecule has 3 aromatic rings. The van der Waals surface area contributed by atoms with Crippen LogP contribution in [0.1, 0.15) is 43.5 Å². The maximum atomic E-state index is 13.1. The van der Waals surface area contributed by atoms with Crippen molar-refractivity contribution in [1.29, 1.82) is 0 Å². The third-order valence-electron chi connectivity index (χ3n) is 5.55. The first-order valence-corrected chi connectivity index (χ1v) is 9.52. The van der Waals surface area contributed by atoms with E-state index in [1.807, 2.05) is 52.1 Å². The second-order valence-electron chi connectivity index (χ2n) is 7.36. The molecule has 0 bridgehead atoms. The van der Waals surface area contributed by atoms with Crippen LogP contribution in [0.4, 0.5) is 0 Å². The van der Waals surface area contributed by atoms with Gasteiger partial charge in [-0.05, 0) is 69.5 Å². The van der Waals surface area contributed by atoms with Gasteiger partial charge in [0.25, 0.3) is 5.91 Å². The first kappa shape index (κ1) is 17.6. The monoisotopic (exact) mass is 363 g/mol. The van der Waals surface area contributed by atoms with E-state index in [-0.39, 0.29) is 18.0 Å². The number of pyridine rings is 1. The number of carbonyl (C=O) groups is 1. The molecule has 0 aliphatic carbocycles. The third kappa shape index (κ3) is 3.18. The van der Waals surface area contributed by atoms with E-state index in [1.165, 1.54) is 6.42 Å². The van der Waals surface area contributed by atoms with Crippen LogP contribution in [0.15, 0.2) is 48.8 Å². The Balaban J connectivity index is 1.66. The van der Waals surface area contributed by atoms with Crippen LogP contribution in [0.2, 0.25) is 0 Å². The summed E-state index contributed by atoms with van der Waals surface area (Å²) in [5.41, 5.74) is 2.52. The van der Waals surface area contributed by atoms with Crippen LogP contribution in [0.5, 0.6) is 5.75 Å². The van der Waals surface area contributed by atoms with Crippen LogP contribution >= 0.6 is 0 Å². The van der Waals surface area contributed by atoms with Gasteiger partial charge in [-0.2, -0.15) is 0 Å². The molecule has 0 spiro atoms. The summed E-state index contributed by atoms with van der Waals surface area (Å²) in [7, 11) is 1.66. The van der Waals surface area contributed by atoms with Crippen LogP contribution in [0.3, 0.4) is 0 Å². The first-order chi connectivity index (χ1) is 13.1. The van der Waals surface area contributed by atoms with E-state index in [4.69, 9.17) is 4.74 Å². The quantitative estimate of drug-likeness (QED) is 0.691. The minimum absolute atomic E-state index is 0.0845. The Labute approximate surface area is 159 Å². The Morgan fingerprint density at radius 1 is 1.11 bits per heavy atom. The second kappa shape index (κ2) is 7.06. The summed E-state index contributed by atoms with van der Waals surface area (Å²) in [6.45, 7) is 4.28. The molecule has 4 rings (SSSR count). The number of hydrogen-bond donors (Lipinski definition) is 0. The summed E-state index contributed by atoms with van der Waals surface area (Å²) in [4.78, 5) is 19.7. The van der Waals surface area contributed by atoms with Gasteiger partial charge in [0, 0.05) is 35.6 Å². The normalized spacial score (nSPS) is 20.0. The molecule has 0 radical (unpaired) electrons. The SMILES string of the molecule is COc1ccc(-n2ccc3cc(C(=O)N4[C@H](C)CCC[C@@H]4C)cnc32)cc1. The molecule has 1 aromatic carbocycles. The van der Waals surface area contributed by atoms with Gasteiger partial charge in [0.1, 0.15) is 11.4 Å². The molecular formula is C22H25N3O2. The van der Waals surface area contributed by atoms with Gasteiger partial charge < -0.3 is 14.2 Å². The zero-order valence-corrected chi connectivity index (χ0v) is 16.1. The average Bonchev–Trinajstić information content (AvgIpc) is 3.11.